The monoisotopic (exact) mass is 297 g/mol. The molecule has 3 rings (SSSR count). The fourth-order valence-corrected chi connectivity index (χ4v) is 2.39. The molecule has 0 radical (unpaired) electrons. The third-order valence-electron chi connectivity index (χ3n) is 3.48. The fraction of sp³-hybridized carbons (Fsp3) is 0.176. The van der Waals surface area contributed by atoms with Gasteiger partial charge in [0.25, 0.3) is 0 Å². The summed E-state index contributed by atoms with van der Waals surface area (Å²) in [6, 6.07) is 16.1. The van der Waals surface area contributed by atoms with Crippen molar-refractivity contribution in [3.05, 3.63) is 60.2 Å². The molecule has 2 aromatic carbocycles. The van der Waals surface area contributed by atoms with Gasteiger partial charge >= 0.3 is 0 Å². The molecule has 1 aliphatic heterocycles. The largest absolute Gasteiger partial charge is 0.457 e. The second-order valence-electron chi connectivity index (χ2n) is 4.92. The third kappa shape index (κ3) is 3.05. The lowest BCUT2D eigenvalue weighted by Gasteiger charge is -2.15. The molecule has 1 saturated heterocycles. The van der Waals surface area contributed by atoms with Gasteiger partial charge in [-0.2, -0.15) is 0 Å². The first-order valence-corrected chi connectivity index (χ1v) is 6.95. The lowest BCUT2D eigenvalue weighted by molar-refractivity contribution is -0.131. The molecule has 5 heteroatoms. The summed E-state index contributed by atoms with van der Waals surface area (Å²) in [5, 5.41) is 2.88. The summed E-state index contributed by atoms with van der Waals surface area (Å²) in [6.07, 6.45) is -0.129. The highest BCUT2D eigenvalue weighted by Crippen LogP contribution is 2.28. The van der Waals surface area contributed by atoms with E-state index in [0.29, 0.717) is 12.0 Å². The quantitative estimate of drug-likeness (QED) is 0.677. The van der Waals surface area contributed by atoms with Gasteiger partial charge in [0.05, 0.1) is 6.73 Å². The van der Waals surface area contributed by atoms with Gasteiger partial charge in [-0.1, -0.05) is 30.3 Å². The highest BCUT2D eigenvalue weighted by molar-refractivity contribution is 6.27. The molecule has 112 valence electrons. The molecule has 1 fully saturated rings. The van der Waals surface area contributed by atoms with Crippen molar-refractivity contribution in [1.82, 2.24) is 5.32 Å². The predicted molar refractivity (Wildman–Crippen MR) is 79.6 cm³/mol. The Morgan fingerprint density at radius 2 is 1.77 bits per heavy atom. The average Bonchev–Trinajstić information content (AvgIpc) is 3.05. The van der Waals surface area contributed by atoms with Crippen molar-refractivity contribution in [2.24, 2.45) is 0 Å². The molecule has 2 aromatic rings. The Balaban J connectivity index is 1.74. The molecule has 0 aromatic heterocycles. The molecule has 0 bridgehead atoms. The number of para-hydroxylation sites is 1. The van der Waals surface area contributed by atoms with Crippen LogP contribution in [0, 0.1) is 0 Å². The lowest BCUT2D eigenvalue weighted by atomic mass is 10.00. The molecule has 0 aliphatic carbocycles. The summed E-state index contributed by atoms with van der Waals surface area (Å²) in [6.45, 7) is 0.247. The molecule has 0 saturated carbocycles. The van der Waals surface area contributed by atoms with E-state index in [1.807, 2.05) is 54.6 Å². The van der Waals surface area contributed by atoms with Crippen LogP contribution in [0.25, 0.3) is 0 Å². The summed E-state index contributed by atoms with van der Waals surface area (Å²) >= 11 is 0. The molecule has 22 heavy (non-hydrogen) atoms. The number of ketones is 1. The minimum Gasteiger partial charge on any atom is -0.457 e. The van der Waals surface area contributed by atoms with Crippen LogP contribution < -0.4 is 10.1 Å². The van der Waals surface area contributed by atoms with E-state index >= 15 is 0 Å². The molecular weight excluding hydrogens is 282 g/mol. The SMILES string of the molecule is O=CC(=O)C1NCOC1c1ccc(Oc2ccccc2)cc1. The number of carbonyl (C=O) groups excluding carboxylic acids is 2. The van der Waals surface area contributed by atoms with E-state index in [1.54, 1.807) is 0 Å². The highest BCUT2D eigenvalue weighted by atomic mass is 16.5. The molecule has 2 atom stereocenters. The van der Waals surface area contributed by atoms with Crippen LogP contribution in [-0.2, 0) is 14.3 Å². The van der Waals surface area contributed by atoms with Gasteiger partial charge in [-0.25, -0.2) is 0 Å². The Hall–Kier alpha value is -2.50. The van der Waals surface area contributed by atoms with Crippen LogP contribution in [0.2, 0.25) is 0 Å². The van der Waals surface area contributed by atoms with Crippen LogP contribution >= 0.6 is 0 Å². The van der Waals surface area contributed by atoms with Crippen molar-refractivity contribution in [1.29, 1.82) is 0 Å². The van der Waals surface area contributed by atoms with Crippen LogP contribution in [0.4, 0.5) is 0 Å². The maximum atomic E-state index is 11.6. The number of nitrogens with one attached hydrogen (secondary N) is 1. The van der Waals surface area contributed by atoms with Gasteiger partial charge in [0.1, 0.15) is 23.6 Å². The molecule has 1 N–H and O–H groups in total. The van der Waals surface area contributed by atoms with Crippen LogP contribution in [0.15, 0.2) is 54.6 Å². The minimum atomic E-state index is -0.626. The number of carbonyl (C=O) groups is 2. The summed E-state index contributed by atoms with van der Waals surface area (Å²) in [5.74, 6) is 0.939. The van der Waals surface area contributed by atoms with E-state index in [2.05, 4.69) is 5.32 Å². The molecule has 0 spiro atoms. The van der Waals surface area contributed by atoms with Gasteiger partial charge in [-0.15, -0.1) is 0 Å². The maximum Gasteiger partial charge on any atom is 0.215 e. The summed E-state index contributed by atoms with van der Waals surface area (Å²) in [7, 11) is 0. The number of hydrogen-bond acceptors (Lipinski definition) is 5. The first kappa shape index (κ1) is 14.4. The van der Waals surface area contributed by atoms with Gasteiger partial charge in [0.15, 0.2) is 6.29 Å². The number of hydrogen-bond donors (Lipinski definition) is 1. The Morgan fingerprint density at radius 1 is 1.09 bits per heavy atom. The molecule has 0 amide bonds. The molecule has 5 nitrogen and oxygen atoms in total. The molecule has 2 unspecified atom stereocenters. The van der Waals surface area contributed by atoms with E-state index in [-0.39, 0.29) is 6.73 Å². The Labute approximate surface area is 127 Å². The molecular formula is C17H15NO4. The molecule has 1 aliphatic rings. The maximum absolute atomic E-state index is 11.6. The van der Waals surface area contributed by atoms with Gasteiger partial charge in [0, 0.05) is 0 Å². The van der Waals surface area contributed by atoms with Crippen molar-refractivity contribution in [3.63, 3.8) is 0 Å². The summed E-state index contributed by atoms with van der Waals surface area (Å²) < 4.78 is 11.2. The zero-order valence-electron chi connectivity index (χ0n) is 11.8. The van der Waals surface area contributed by atoms with E-state index in [9.17, 15) is 9.59 Å². The van der Waals surface area contributed by atoms with Crippen molar-refractivity contribution >= 4 is 12.1 Å². The number of rotatable bonds is 5. The topological polar surface area (TPSA) is 64.6 Å². The third-order valence-corrected chi connectivity index (χ3v) is 3.48. The van der Waals surface area contributed by atoms with Gasteiger partial charge in [0.2, 0.25) is 5.78 Å². The van der Waals surface area contributed by atoms with E-state index in [1.165, 1.54) is 0 Å². The second-order valence-corrected chi connectivity index (χ2v) is 4.92. The van der Waals surface area contributed by atoms with Crippen LogP contribution in [0.5, 0.6) is 11.5 Å². The van der Waals surface area contributed by atoms with Crippen molar-refractivity contribution in [2.75, 3.05) is 6.73 Å². The zero-order valence-corrected chi connectivity index (χ0v) is 11.8. The fourth-order valence-electron chi connectivity index (χ4n) is 2.39. The minimum absolute atomic E-state index is 0.247. The van der Waals surface area contributed by atoms with E-state index in [0.717, 1.165) is 11.3 Å². The zero-order chi connectivity index (χ0) is 15.4. The number of ether oxygens (including phenoxy) is 2. The Morgan fingerprint density at radius 3 is 2.45 bits per heavy atom. The lowest BCUT2D eigenvalue weighted by Crippen LogP contribution is -2.35. The van der Waals surface area contributed by atoms with Gasteiger partial charge in [-0.3, -0.25) is 14.9 Å². The van der Waals surface area contributed by atoms with Crippen molar-refractivity contribution in [3.8, 4) is 11.5 Å². The smallest absolute Gasteiger partial charge is 0.215 e. The predicted octanol–water partition coefficient (Wildman–Crippen LogP) is 2.23. The highest BCUT2D eigenvalue weighted by Gasteiger charge is 2.34. The molecule has 1 heterocycles. The van der Waals surface area contributed by atoms with Crippen molar-refractivity contribution in [2.45, 2.75) is 12.1 Å². The number of Topliss-reactive ketones (excluding diaryl/α,β-unsaturated/α-hetero) is 1. The normalized spacial score (nSPS) is 20.5. The first-order chi connectivity index (χ1) is 10.8. The number of aldehydes is 1. The average molecular weight is 297 g/mol. The standard InChI is InChI=1S/C17H15NO4/c19-10-15(20)16-17(21-11-18-16)12-6-8-14(9-7-12)22-13-4-2-1-3-5-13/h1-10,16-18H,11H2. The van der Waals surface area contributed by atoms with E-state index < -0.39 is 17.9 Å². The first-order valence-electron chi connectivity index (χ1n) is 6.95. The number of benzene rings is 2. The van der Waals surface area contributed by atoms with Crippen LogP contribution in [-0.4, -0.2) is 24.8 Å². The Bertz CT molecular complexity index is 654. The Kier molecular flexibility index (Phi) is 4.27. The van der Waals surface area contributed by atoms with Crippen LogP contribution in [0.3, 0.4) is 0 Å². The van der Waals surface area contributed by atoms with Crippen molar-refractivity contribution < 1.29 is 19.1 Å². The van der Waals surface area contributed by atoms with Gasteiger partial charge < -0.3 is 9.47 Å². The second kappa shape index (κ2) is 6.51. The van der Waals surface area contributed by atoms with E-state index in [4.69, 9.17) is 9.47 Å². The van der Waals surface area contributed by atoms with Crippen LogP contribution in [0.1, 0.15) is 11.7 Å². The summed E-state index contributed by atoms with van der Waals surface area (Å²) in [5.41, 5.74) is 0.825. The summed E-state index contributed by atoms with van der Waals surface area (Å²) in [4.78, 5) is 22.2. The van der Waals surface area contributed by atoms with Gasteiger partial charge in [-0.05, 0) is 29.8 Å².